The fourth-order valence-corrected chi connectivity index (χ4v) is 2.56. The monoisotopic (exact) mass is 492 g/mol. The summed E-state index contributed by atoms with van der Waals surface area (Å²) >= 11 is 0. The molecule has 0 aliphatic heterocycles. The summed E-state index contributed by atoms with van der Waals surface area (Å²) in [5.41, 5.74) is 1.32. The average molecular weight is 492 g/mol. The Morgan fingerprint density at radius 1 is 1.07 bits per heavy atom. The van der Waals surface area contributed by atoms with Crippen LogP contribution >= 0.6 is 24.0 Å². The molecule has 0 fully saturated rings. The molecule has 0 radical (unpaired) electrons. The maximum absolute atomic E-state index is 5.19. The zero-order chi connectivity index (χ0) is 19.0. The summed E-state index contributed by atoms with van der Waals surface area (Å²) in [7, 11) is 5.57. The number of likely N-dealkylation sites (N-methyl/N-ethyl adjacent to an activating group) is 1. The Hall–Kier alpha value is -1.06. The molecule has 0 amide bonds. The fraction of sp³-hybridized carbons (Fsp3) is 0.650. The van der Waals surface area contributed by atoms with Crippen LogP contribution in [0.1, 0.15) is 25.3 Å². The summed E-state index contributed by atoms with van der Waals surface area (Å²) in [5, 5.41) is 6.71. The smallest absolute Gasteiger partial charge is 0.191 e. The number of nitrogens with one attached hydrogen (secondary N) is 2. The van der Waals surface area contributed by atoms with Crippen molar-refractivity contribution in [1.29, 1.82) is 0 Å². The molecule has 0 aliphatic carbocycles. The van der Waals surface area contributed by atoms with Crippen LogP contribution in [0.5, 0.6) is 5.75 Å². The van der Waals surface area contributed by atoms with Crippen LogP contribution in [0.15, 0.2) is 29.3 Å². The second-order valence-electron chi connectivity index (χ2n) is 6.29. The van der Waals surface area contributed by atoms with Crippen LogP contribution in [0.25, 0.3) is 0 Å². The van der Waals surface area contributed by atoms with Gasteiger partial charge in [-0.05, 0) is 50.9 Å². The van der Waals surface area contributed by atoms with Gasteiger partial charge in [0.05, 0.1) is 7.11 Å². The Morgan fingerprint density at radius 2 is 1.81 bits per heavy atom. The minimum atomic E-state index is 0. The van der Waals surface area contributed by atoms with Crippen molar-refractivity contribution in [3.05, 3.63) is 29.8 Å². The molecule has 0 saturated carbocycles. The lowest BCUT2D eigenvalue weighted by atomic mass is 10.1. The van der Waals surface area contributed by atoms with Gasteiger partial charge in [-0.25, -0.2) is 0 Å². The molecular weight excluding hydrogens is 455 g/mol. The molecule has 0 aliphatic rings. The maximum Gasteiger partial charge on any atom is 0.191 e. The molecule has 0 heterocycles. The first kappa shape index (κ1) is 25.9. The van der Waals surface area contributed by atoms with Gasteiger partial charge in [-0.2, -0.15) is 0 Å². The molecule has 2 N–H and O–H groups in total. The van der Waals surface area contributed by atoms with Crippen molar-refractivity contribution < 1.29 is 9.47 Å². The first-order valence-corrected chi connectivity index (χ1v) is 9.52. The topological polar surface area (TPSA) is 58.1 Å². The van der Waals surface area contributed by atoms with Crippen LogP contribution < -0.4 is 15.4 Å². The fourth-order valence-electron chi connectivity index (χ4n) is 2.56. The van der Waals surface area contributed by atoms with E-state index in [1.165, 1.54) is 5.56 Å². The minimum absolute atomic E-state index is 0. The van der Waals surface area contributed by atoms with E-state index in [4.69, 9.17) is 9.47 Å². The van der Waals surface area contributed by atoms with Crippen molar-refractivity contribution >= 4 is 29.9 Å². The summed E-state index contributed by atoms with van der Waals surface area (Å²) in [6, 6.07) is 8.25. The number of hydrogen-bond acceptors (Lipinski definition) is 4. The zero-order valence-electron chi connectivity index (χ0n) is 17.3. The number of ether oxygens (including phenoxy) is 2. The molecule has 0 bridgehead atoms. The van der Waals surface area contributed by atoms with E-state index in [1.807, 2.05) is 12.1 Å². The number of benzene rings is 1. The maximum atomic E-state index is 5.19. The third-order valence-corrected chi connectivity index (χ3v) is 4.07. The van der Waals surface area contributed by atoms with Crippen LogP contribution in [0.2, 0.25) is 0 Å². The summed E-state index contributed by atoms with van der Waals surface area (Å²) in [4.78, 5) is 6.97. The van der Waals surface area contributed by atoms with Crippen molar-refractivity contribution in [1.82, 2.24) is 15.5 Å². The average Bonchev–Trinajstić information content (AvgIpc) is 2.66. The second-order valence-corrected chi connectivity index (χ2v) is 6.29. The first-order valence-electron chi connectivity index (χ1n) is 9.52. The van der Waals surface area contributed by atoms with E-state index in [0.29, 0.717) is 0 Å². The highest BCUT2D eigenvalue weighted by Crippen LogP contribution is 2.12. The summed E-state index contributed by atoms with van der Waals surface area (Å²) in [6.07, 6.45) is 3.11. The highest BCUT2D eigenvalue weighted by atomic mass is 127. The molecule has 156 valence electrons. The SMILES string of the molecule is CCNC(=NCCCc1ccc(OC)cc1)NCCN(C)CCCOC.I. The predicted molar refractivity (Wildman–Crippen MR) is 125 cm³/mol. The Labute approximate surface area is 182 Å². The normalized spacial score (nSPS) is 11.2. The molecule has 1 aromatic rings. The Balaban J connectivity index is 0.00000676. The third-order valence-electron chi connectivity index (χ3n) is 4.07. The second kappa shape index (κ2) is 17.1. The highest BCUT2D eigenvalue weighted by molar-refractivity contribution is 14.0. The van der Waals surface area contributed by atoms with Crippen molar-refractivity contribution in [2.45, 2.75) is 26.2 Å². The lowest BCUT2D eigenvalue weighted by Crippen LogP contribution is -2.41. The van der Waals surface area contributed by atoms with Gasteiger partial charge in [0.1, 0.15) is 5.75 Å². The minimum Gasteiger partial charge on any atom is -0.497 e. The van der Waals surface area contributed by atoms with E-state index in [0.717, 1.165) is 70.3 Å². The van der Waals surface area contributed by atoms with Gasteiger partial charge in [0, 0.05) is 46.4 Å². The number of methoxy groups -OCH3 is 2. The van der Waals surface area contributed by atoms with Gasteiger partial charge in [0.2, 0.25) is 0 Å². The number of nitrogens with zero attached hydrogens (tertiary/aromatic N) is 2. The van der Waals surface area contributed by atoms with E-state index in [1.54, 1.807) is 14.2 Å². The van der Waals surface area contributed by atoms with Crippen LogP contribution in [0.3, 0.4) is 0 Å². The highest BCUT2D eigenvalue weighted by Gasteiger charge is 2.01. The molecule has 7 heteroatoms. The van der Waals surface area contributed by atoms with Gasteiger partial charge in [-0.3, -0.25) is 4.99 Å². The van der Waals surface area contributed by atoms with Gasteiger partial charge in [-0.15, -0.1) is 24.0 Å². The predicted octanol–water partition coefficient (Wildman–Crippen LogP) is 2.77. The Kier molecular flexibility index (Phi) is 16.4. The van der Waals surface area contributed by atoms with Crippen molar-refractivity contribution in [3.63, 3.8) is 0 Å². The lowest BCUT2D eigenvalue weighted by molar-refractivity contribution is 0.180. The number of rotatable bonds is 13. The molecule has 0 saturated heterocycles. The van der Waals surface area contributed by atoms with Crippen molar-refractivity contribution in [2.24, 2.45) is 4.99 Å². The number of aryl methyl sites for hydroxylation is 1. The first-order chi connectivity index (χ1) is 12.7. The van der Waals surface area contributed by atoms with E-state index in [9.17, 15) is 0 Å². The standard InChI is InChI=1S/C20H36N4O2.HI/c1-5-21-20(23-14-16-24(2)15-7-17-25-3)22-13-6-8-18-9-11-19(26-4)12-10-18;/h9-12H,5-8,13-17H2,1-4H3,(H2,21,22,23);1H. The van der Waals surface area contributed by atoms with Gasteiger partial charge in [0.25, 0.3) is 0 Å². The van der Waals surface area contributed by atoms with Crippen LogP contribution in [-0.4, -0.2) is 71.5 Å². The molecule has 1 rings (SSSR count). The molecule has 0 unspecified atom stereocenters. The van der Waals surface area contributed by atoms with E-state index >= 15 is 0 Å². The number of halogens is 1. The lowest BCUT2D eigenvalue weighted by Gasteiger charge is -2.18. The molecule has 0 aromatic heterocycles. The number of hydrogen-bond donors (Lipinski definition) is 2. The molecular formula is C20H37IN4O2. The summed E-state index contributed by atoms with van der Waals surface area (Å²) in [5.74, 6) is 1.80. The van der Waals surface area contributed by atoms with Crippen molar-refractivity contribution in [2.75, 3.05) is 60.6 Å². The number of guanidine groups is 1. The van der Waals surface area contributed by atoms with Crippen LogP contribution in [0, 0.1) is 0 Å². The summed E-state index contributed by atoms with van der Waals surface area (Å²) < 4.78 is 10.3. The molecule has 0 spiro atoms. The van der Waals surface area contributed by atoms with Gasteiger partial charge in [0.15, 0.2) is 5.96 Å². The van der Waals surface area contributed by atoms with Gasteiger partial charge >= 0.3 is 0 Å². The van der Waals surface area contributed by atoms with Crippen molar-refractivity contribution in [3.8, 4) is 5.75 Å². The quantitative estimate of drug-likeness (QED) is 0.192. The molecule has 6 nitrogen and oxygen atoms in total. The van der Waals surface area contributed by atoms with Gasteiger partial charge in [-0.1, -0.05) is 12.1 Å². The number of aliphatic imine (C=N–C) groups is 1. The van der Waals surface area contributed by atoms with E-state index in [2.05, 4.69) is 46.6 Å². The van der Waals surface area contributed by atoms with Gasteiger partial charge < -0.3 is 25.0 Å². The summed E-state index contributed by atoms with van der Waals surface area (Å²) in [6.45, 7) is 7.50. The van der Waals surface area contributed by atoms with Crippen LogP contribution in [0.4, 0.5) is 0 Å². The Bertz CT molecular complexity index is 497. The largest absolute Gasteiger partial charge is 0.497 e. The van der Waals surface area contributed by atoms with E-state index in [-0.39, 0.29) is 24.0 Å². The zero-order valence-corrected chi connectivity index (χ0v) is 19.6. The molecule has 1 aromatic carbocycles. The van der Waals surface area contributed by atoms with E-state index < -0.39 is 0 Å². The van der Waals surface area contributed by atoms with Crippen LogP contribution in [-0.2, 0) is 11.2 Å². The Morgan fingerprint density at radius 3 is 2.44 bits per heavy atom. The molecule has 27 heavy (non-hydrogen) atoms. The molecule has 0 atom stereocenters. The third kappa shape index (κ3) is 12.9.